The molecule has 0 aromatic heterocycles. The van der Waals surface area contributed by atoms with Crippen molar-refractivity contribution < 1.29 is 14.0 Å². The van der Waals surface area contributed by atoms with E-state index in [9.17, 15) is 14.0 Å². The molecule has 0 radical (unpaired) electrons. The number of benzene rings is 2. The van der Waals surface area contributed by atoms with E-state index >= 15 is 0 Å². The van der Waals surface area contributed by atoms with Gasteiger partial charge in [0, 0.05) is 18.8 Å². The number of nitrogens with zero attached hydrogens (tertiary/aromatic N) is 2. The first-order valence-corrected chi connectivity index (χ1v) is 9.88. The molecule has 0 atom stereocenters. The van der Waals surface area contributed by atoms with Gasteiger partial charge in [0.25, 0.3) is 11.8 Å². The fraction of sp³-hybridized carbons (Fsp3) is 0.227. The number of amides is 2. The Balaban J connectivity index is 1.68. The average Bonchev–Trinajstić information content (AvgIpc) is 3.21. The van der Waals surface area contributed by atoms with Gasteiger partial charge in [0.1, 0.15) is 11.4 Å². The van der Waals surface area contributed by atoms with Gasteiger partial charge in [-0.2, -0.15) is 0 Å². The van der Waals surface area contributed by atoms with Gasteiger partial charge in [0.15, 0.2) is 5.11 Å². The molecule has 0 saturated carbocycles. The van der Waals surface area contributed by atoms with Crippen LogP contribution in [0.2, 0.25) is 0 Å². The molecule has 0 bridgehead atoms. The minimum atomic E-state index is -0.648. The first-order chi connectivity index (χ1) is 14.0. The quantitative estimate of drug-likeness (QED) is 0.478. The second-order valence-electron chi connectivity index (χ2n) is 7.15. The summed E-state index contributed by atoms with van der Waals surface area (Å²) in [5.74, 6) is -1.83. The third kappa shape index (κ3) is 3.65. The Morgan fingerprint density at radius 2 is 1.79 bits per heavy atom. The molecule has 2 fully saturated rings. The van der Waals surface area contributed by atoms with Crippen LogP contribution in [0.4, 0.5) is 15.8 Å². The fourth-order valence-corrected chi connectivity index (χ4v) is 4.03. The third-order valence-electron chi connectivity index (χ3n) is 5.17. The van der Waals surface area contributed by atoms with E-state index in [4.69, 9.17) is 12.2 Å². The highest BCUT2D eigenvalue weighted by atomic mass is 32.1. The lowest BCUT2D eigenvalue weighted by Gasteiger charge is -2.29. The van der Waals surface area contributed by atoms with Crippen molar-refractivity contribution in [3.05, 3.63) is 65.0 Å². The van der Waals surface area contributed by atoms with Gasteiger partial charge in [-0.15, -0.1) is 0 Å². The maximum atomic E-state index is 14.2. The highest BCUT2D eigenvalue weighted by Gasteiger charge is 2.35. The van der Waals surface area contributed by atoms with Crippen molar-refractivity contribution in [2.24, 2.45) is 0 Å². The summed E-state index contributed by atoms with van der Waals surface area (Å²) in [7, 11) is 0. The first kappa shape index (κ1) is 19.3. The molecule has 2 aliphatic rings. The van der Waals surface area contributed by atoms with E-state index in [1.54, 1.807) is 6.07 Å². The van der Waals surface area contributed by atoms with E-state index in [0.29, 0.717) is 0 Å². The third-order valence-corrected chi connectivity index (χ3v) is 5.46. The number of rotatable bonds is 3. The summed E-state index contributed by atoms with van der Waals surface area (Å²) in [6.45, 7) is 4.09. The zero-order valence-electron chi connectivity index (χ0n) is 15.9. The fourth-order valence-electron chi connectivity index (χ4n) is 3.76. The summed E-state index contributed by atoms with van der Waals surface area (Å²) in [4.78, 5) is 28.8. The number of hydrogen-bond donors (Lipinski definition) is 1. The van der Waals surface area contributed by atoms with Crippen LogP contribution in [-0.4, -0.2) is 30.0 Å². The standard InChI is InChI=1S/C22H20FN3O2S/c1-14-12-15(8-9-18(14)25-10-4-5-11-25)13-16-20(27)24-22(29)26(21(16)28)19-7-3-2-6-17(19)23/h2-3,6-9,12-13H,4-5,10-11H2,1H3,(H,24,27,29)/b16-13-. The summed E-state index contributed by atoms with van der Waals surface area (Å²) in [5, 5.41) is 2.34. The Labute approximate surface area is 173 Å². The average molecular weight is 409 g/mol. The van der Waals surface area contributed by atoms with E-state index in [2.05, 4.69) is 10.2 Å². The molecule has 2 saturated heterocycles. The van der Waals surface area contributed by atoms with E-state index in [1.807, 2.05) is 25.1 Å². The van der Waals surface area contributed by atoms with Crippen LogP contribution in [0.5, 0.6) is 0 Å². The molecule has 7 heteroatoms. The number of halogens is 1. The number of hydrogen-bond acceptors (Lipinski definition) is 4. The van der Waals surface area contributed by atoms with Crippen LogP contribution in [0.1, 0.15) is 24.0 Å². The van der Waals surface area contributed by atoms with Gasteiger partial charge in [-0.1, -0.05) is 18.2 Å². The maximum absolute atomic E-state index is 14.2. The monoisotopic (exact) mass is 409 g/mol. The smallest absolute Gasteiger partial charge is 0.270 e. The molecule has 4 rings (SSSR count). The number of para-hydroxylation sites is 1. The second-order valence-corrected chi connectivity index (χ2v) is 7.54. The summed E-state index contributed by atoms with van der Waals surface area (Å²) in [5.41, 5.74) is 2.89. The van der Waals surface area contributed by atoms with Crippen molar-refractivity contribution >= 4 is 46.6 Å². The lowest BCUT2D eigenvalue weighted by atomic mass is 10.0. The Bertz CT molecular complexity index is 1040. The minimum absolute atomic E-state index is 0.00830. The molecule has 2 aliphatic heterocycles. The van der Waals surface area contributed by atoms with Crippen molar-refractivity contribution in [2.75, 3.05) is 22.9 Å². The largest absolute Gasteiger partial charge is 0.371 e. The van der Waals surface area contributed by atoms with Crippen molar-refractivity contribution in [2.45, 2.75) is 19.8 Å². The number of anilines is 2. The molecule has 2 aromatic carbocycles. The van der Waals surface area contributed by atoms with Crippen molar-refractivity contribution in [3.8, 4) is 0 Å². The molecular weight excluding hydrogens is 389 g/mol. The second kappa shape index (κ2) is 7.75. The van der Waals surface area contributed by atoms with Crippen LogP contribution in [0, 0.1) is 12.7 Å². The number of nitrogens with one attached hydrogen (secondary N) is 1. The van der Waals surface area contributed by atoms with Gasteiger partial charge >= 0.3 is 0 Å². The lowest BCUT2D eigenvalue weighted by Crippen LogP contribution is -2.54. The molecule has 29 heavy (non-hydrogen) atoms. The Hall–Kier alpha value is -3.06. The Morgan fingerprint density at radius 1 is 1.07 bits per heavy atom. The molecular formula is C22H20FN3O2S. The summed E-state index contributed by atoms with van der Waals surface area (Å²) >= 11 is 5.11. The normalized spacial score (nSPS) is 18.6. The molecule has 2 heterocycles. The zero-order valence-corrected chi connectivity index (χ0v) is 16.8. The summed E-state index contributed by atoms with van der Waals surface area (Å²) < 4.78 is 14.2. The molecule has 5 nitrogen and oxygen atoms in total. The molecule has 148 valence electrons. The van der Waals surface area contributed by atoms with E-state index in [-0.39, 0.29) is 16.4 Å². The van der Waals surface area contributed by atoms with Gasteiger partial charge in [-0.25, -0.2) is 9.29 Å². The van der Waals surface area contributed by atoms with Gasteiger partial charge in [-0.3, -0.25) is 14.9 Å². The van der Waals surface area contributed by atoms with Gasteiger partial charge in [0.2, 0.25) is 0 Å². The van der Waals surface area contributed by atoms with Crippen LogP contribution < -0.4 is 15.1 Å². The van der Waals surface area contributed by atoms with E-state index in [0.717, 1.165) is 29.1 Å². The number of aryl methyl sites for hydroxylation is 1. The van der Waals surface area contributed by atoms with Crippen LogP contribution in [0.3, 0.4) is 0 Å². The topological polar surface area (TPSA) is 52.7 Å². The molecule has 0 aliphatic carbocycles. The highest BCUT2D eigenvalue weighted by Crippen LogP contribution is 2.28. The van der Waals surface area contributed by atoms with E-state index < -0.39 is 17.6 Å². The number of carbonyl (C=O) groups excluding carboxylic acids is 2. The molecule has 2 aromatic rings. The van der Waals surface area contributed by atoms with Crippen LogP contribution in [-0.2, 0) is 9.59 Å². The molecule has 1 N–H and O–H groups in total. The van der Waals surface area contributed by atoms with E-state index in [1.165, 1.54) is 42.8 Å². The number of carbonyl (C=O) groups is 2. The van der Waals surface area contributed by atoms with Gasteiger partial charge in [0.05, 0.1) is 5.69 Å². The van der Waals surface area contributed by atoms with Crippen molar-refractivity contribution in [3.63, 3.8) is 0 Å². The van der Waals surface area contributed by atoms with Gasteiger partial charge in [-0.05, 0) is 73.5 Å². The predicted octanol–water partition coefficient (Wildman–Crippen LogP) is 3.57. The predicted molar refractivity (Wildman–Crippen MR) is 115 cm³/mol. The lowest BCUT2D eigenvalue weighted by molar-refractivity contribution is -0.122. The van der Waals surface area contributed by atoms with Gasteiger partial charge < -0.3 is 4.90 Å². The molecule has 0 spiro atoms. The minimum Gasteiger partial charge on any atom is -0.371 e. The van der Waals surface area contributed by atoms with Crippen LogP contribution in [0.15, 0.2) is 48.0 Å². The molecule has 0 unspecified atom stereocenters. The number of thiocarbonyl (C=S) groups is 1. The summed E-state index contributed by atoms with van der Waals surface area (Å²) in [6, 6.07) is 11.7. The highest BCUT2D eigenvalue weighted by molar-refractivity contribution is 7.80. The maximum Gasteiger partial charge on any atom is 0.270 e. The zero-order chi connectivity index (χ0) is 20.5. The van der Waals surface area contributed by atoms with Crippen molar-refractivity contribution in [1.29, 1.82) is 0 Å². The Kier molecular flexibility index (Phi) is 5.15. The first-order valence-electron chi connectivity index (χ1n) is 9.47. The Morgan fingerprint density at radius 3 is 2.48 bits per heavy atom. The van der Waals surface area contributed by atoms with Crippen molar-refractivity contribution in [1.82, 2.24) is 5.32 Å². The van der Waals surface area contributed by atoms with Crippen LogP contribution >= 0.6 is 12.2 Å². The summed E-state index contributed by atoms with van der Waals surface area (Å²) in [6.07, 6.45) is 3.89. The molecule has 2 amide bonds. The van der Waals surface area contributed by atoms with Crippen LogP contribution in [0.25, 0.3) is 6.08 Å². The SMILES string of the molecule is Cc1cc(/C=C2/C(=O)NC(=S)N(c3ccccc3F)C2=O)ccc1N1CCCC1.